The monoisotopic (exact) mass is 245 g/mol. The maximum atomic E-state index is 4.17. The van der Waals surface area contributed by atoms with Crippen molar-refractivity contribution in [2.75, 3.05) is 5.43 Å². The van der Waals surface area contributed by atoms with E-state index < -0.39 is 0 Å². The number of rotatable bonds is 2. The predicted octanol–water partition coefficient (Wildman–Crippen LogP) is 1.89. The largest absolute Gasteiger partial charge is 0.305 e. The zero-order valence-electron chi connectivity index (χ0n) is 9.24. The number of nitrogens with zero attached hydrogens (tertiary/aromatic N) is 4. The summed E-state index contributed by atoms with van der Waals surface area (Å²) in [5.41, 5.74) is 4.28. The topological polar surface area (TPSA) is 55.6 Å². The smallest absolute Gasteiger partial charge is 0.212 e. The lowest BCUT2D eigenvalue weighted by Crippen LogP contribution is -2.17. The van der Waals surface area contributed by atoms with Gasteiger partial charge in [-0.3, -0.25) is 4.98 Å². The second-order valence-electron chi connectivity index (χ2n) is 3.58. The van der Waals surface area contributed by atoms with E-state index in [9.17, 15) is 0 Å². The van der Waals surface area contributed by atoms with E-state index >= 15 is 0 Å². The molecule has 1 aliphatic heterocycles. The molecule has 0 saturated carbocycles. The number of allylic oxidation sites excluding steroid dienone is 1. The van der Waals surface area contributed by atoms with Crippen molar-refractivity contribution in [3.8, 4) is 11.4 Å². The highest BCUT2D eigenvalue weighted by molar-refractivity contribution is 8.00. The van der Waals surface area contributed by atoms with E-state index in [0.717, 1.165) is 16.5 Å². The number of aromatic nitrogens is 4. The average Bonchev–Trinajstić information content (AvgIpc) is 2.90. The van der Waals surface area contributed by atoms with Crippen molar-refractivity contribution in [3.05, 3.63) is 36.7 Å². The highest BCUT2D eigenvalue weighted by Gasteiger charge is 2.24. The Balaban J connectivity index is 1.96. The first-order valence-electron chi connectivity index (χ1n) is 5.30. The molecule has 6 heteroatoms. The molecule has 0 spiro atoms. The Hall–Kier alpha value is -1.82. The van der Waals surface area contributed by atoms with E-state index in [1.54, 1.807) is 24.2 Å². The Bertz CT molecular complexity index is 548. The third-order valence-electron chi connectivity index (χ3n) is 2.41. The molecule has 0 amide bonds. The molecule has 1 unspecified atom stereocenters. The molecule has 0 bridgehead atoms. The quantitative estimate of drug-likeness (QED) is 0.819. The Morgan fingerprint density at radius 3 is 3.18 bits per heavy atom. The maximum Gasteiger partial charge on any atom is 0.212 e. The third kappa shape index (κ3) is 1.80. The summed E-state index contributed by atoms with van der Waals surface area (Å²) < 4.78 is 1.91. The van der Waals surface area contributed by atoms with Crippen LogP contribution in [-0.4, -0.2) is 25.2 Å². The summed E-state index contributed by atoms with van der Waals surface area (Å²) in [6, 6.07) is 3.86. The Morgan fingerprint density at radius 2 is 2.41 bits per heavy atom. The maximum absolute atomic E-state index is 4.17. The van der Waals surface area contributed by atoms with E-state index in [1.807, 2.05) is 29.8 Å². The molecule has 3 heterocycles. The molecule has 2 aromatic rings. The molecule has 1 aliphatic rings. The van der Waals surface area contributed by atoms with Gasteiger partial charge < -0.3 is 5.43 Å². The van der Waals surface area contributed by atoms with Crippen molar-refractivity contribution < 1.29 is 0 Å². The fraction of sp³-hybridized carbons (Fsp3) is 0.182. The first-order chi connectivity index (χ1) is 8.38. The minimum Gasteiger partial charge on any atom is -0.305 e. The van der Waals surface area contributed by atoms with Crippen LogP contribution in [0.25, 0.3) is 11.4 Å². The van der Waals surface area contributed by atoms with Crippen molar-refractivity contribution in [1.29, 1.82) is 0 Å². The lowest BCUT2D eigenvalue weighted by molar-refractivity contribution is 0.811. The van der Waals surface area contributed by atoms with Gasteiger partial charge in [0, 0.05) is 18.0 Å². The van der Waals surface area contributed by atoms with E-state index in [4.69, 9.17) is 0 Å². The first-order valence-corrected chi connectivity index (χ1v) is 6.18. The fourth-order valence-electron chi connectivity index (χ4n) is 1.67. The molecule has 5 nitrogen and oxygen atoms in total. The number of hydrogen-bond acceptors (Lipinski definition) is 5. The summed E-state index contributed by atoms with van der Waals surface area (Å²) in [6.07, 6.45) is 7.64. The third-order valence-corrected chi connectivity index (χ3v) is 3.40. The van der Waals surface area contributed by atoms with Gasteiger partial charge in [-0.05, 0) is 19.1 Å². The van der Waals surface area contributed by atoms with Crippen LogP contribution in [0.4, 0.5) is 0 Å². The number of hydrogen-bond donors (Lipinski definition) is 1. The summed E-state index contributed by atoms with van der Waals surface area (Å²) in [5.74, 6) is 0.799. The normalized spacial score (nSPS) is 18.3. The lowest BCUT2D eigenvalue weighted by atomic mass is 10.3. The number of fused-ring (bicyclic) bond motifs is 1. The summed E-state index contributed by atoms with van der Waals surface area (Å²) in [6.45, 7) is 2.00. The van der Waals surface area contributed by atoms with Crippen LogP contribution >= 0.6 is 11.8 Å². The van der Waals surface area contributed by atoms with Gasteiger partial charge in [-0.1, -0.05) is 23.9 Å². The van der Waals surface area contributed by atoms with Crippen molar-refractivity contribution in [2.45, 2.75) is 17.5 Å². The second-order valence-corrected chi connectivity index (χ2v) is 4.69. The van der Waals surface area contributed by atoms with E-state index in [0.29, 0.717) is 0 Å². The highest BCUT2D eigenvalue weighted by Crippen LogP contribution is 2.31. The minimum absolute atomic E-state index is 0.223. The molecule has 0 radical (unpaired) electrons. The Labute approximate surface area is 103 Å². The minimum atomic E-state index is 0.223. The summed E-state index contributed by atoms with van der Waals surface area (Å²) in [5, 5.41) is 9.43. The van der Waals surface area contributed by atoms with Gasteiger partial charge in [0.15, 0.2) is 5.82 Å². The van der Waals surface area contributed by atoms with Crippen molar-refractivity contribution in [1.82, 2.24) is 19.9 Å². The predicted molar refractivity (Wildman–Crippen MR) is 67.1 cm³/mol. The molecule has 0 aromatic carbocycles. The molecule has 3 rings (SSSR count). The van der Waals surface area contributed by atoms with E-state index in [1.165, 1.54) is 0 Å². The van der Waals surface area contributed by atoms with Gasteiger partial charge in [-0.15, -0.1) is 10.2 Å². The highest BCUT2D eigenvalue weighted by atomic mass is 32.2. The van der Waals surface area contributed by atoms with Crippen LogP contribution in [0.2, 0.25) is 0 Å². The molecule has 2 aromatic heterocycles. The molecular formula is C11H11N5S. The molecule has 86 valence electrons. The molecule has 1 N–H and O–H groups in total. The number of nitrogens with one attached hydrogen (secondary N) is 1. The number of pyridine rings is 1. The van der Waals surface area contributed by atoms with Gasteiger partial charge in [0.2, 0.25) is 5.16 Å². The average molecular weight is 245 g/mol. The zero-order valence-corrected chi connectivity index (χ0v) is 10.1. The van der Waals surface area contributed by atoms with Crippen molar-refractivity contribution >= 4 is 11.8 Å². The second kappa shape index (κ2) is 4.21. The standard InChI is InChI=1S/C11H11N5S/c1-2-4-9-15-16-10(13-14-11(16)17-9)8-5-3-6-12-7-8/h2-7,9,15H,1H3. The fourth-order valence-corrected chi connectivity index (χ4v) is 2.62. The molecule has 0 fully saturated rings. The molecule has 17 heavy (non-hydrogen) atoms. The molecular weight excluding hydrogens is 234 g/mol. The summed E-state index contributed by atoms with van der Waals surface area (Å²) in [7, 11) is 0. The Morgan fingerprint density at radius 1 is 1.47 bits per heavy atom. The van der Waals surface area contributed by atoms with Gasteiger partial charge in [0.1, 0.15) is 5.37 Å². The van der Waals surface area contributed by atoms with Gasteiger partial charge in [-0.2, -0.15) is 0 Å². The Kier molecular flexibility index (Phi) is 2.56. The summed E-state index contributed by atoms with van der Waals surface area (Å²) >= 11 is 1.65. The summed E-state index contributed by atoms with van der Waals surface area (Å²) in [4.78, 5) is 4.09. The van der Waals surface area contributed by atoms with Gasteiger partial charge in [0.05, 0.1) is 0 Å². The van der Waals surface area contributed by atoms with E-state index in [-0.39, 0.29) is 5.37 Å². The van der Waals surface area contributed by atoms with Crippen LogP contribution in [-0.2, 0) is 0 Å². The van der Waals surface area contributed by atoms with Crippen LogP contribution in [0, 0.1) is 0 Å². The van der Waals surface area contributed by atoms with Gasteiger partial charge >= 0.3 is 0 Å². The van der Waals surface area contributed by atoms with Crippen LogP contribution in [0.3, 0.4) is 0 Å². The van der Waals surface area contributed by atoms with Crippen molar-refractivity contribution in [2.24, 2.45) is 0 Å². The molecule has 1 atom stereocenters. The zero-order chi connectivity index (χ0) is 11.7. The van der Waals surface area contributed by atoms with Crippen LogP contribution in [0.15, 0.2) is 41.8 Å². The van der Waals surface area contributed by atoms with Crippen LogP contribution < -0.4 is 5.43 Å². The molecule has 0 saturated heterocycles. The van der Waals surface area contributed by atoms with Crippen molar-refractivity contribution in [3.63, 3.8) is 0 Å². The van der Waals surface area contributed by atoms with Gasteiger partial charge in [0.25, 0.3) is 0 Å². The lowest BCUT2D eigenvalue weighted by Gasteiger charge is -2.07. The van der Waals surface area contributed by atoms with Gasteiger partial charge in [-0.25, -0.2) is 4.68 Å². The van der Waals surface area contributed by atoms with E-state index in [2.05, 4.69) is 26.7 Å². The SMILES string of the molecule is CC=CC1Nn2c(nnc2-c2cccnc2)S1. The number of thioether (sulfide) groups is 1. The van der Waals surface area contributed by atoms with Crippen LogP contribution in [0.5, 0.6) is 0 Å². The molecule has 0 aliphatic carbocycles. The first kappa shape index (κ1) is 10.3. The van der Waals surface area contributed by atoms with Crippen LogP contribution in [0.1, 0.15) is 6.92 Å².